The average molecular weight is 546 g/mol. The molecule has 30 heavy (non-hydrogen) atoms. The Morgan fingerprint density at radius 3 is 2.47 bits per heavy atom. The fourth-order valence-corrected chi connectivity index (χ4v) is 3.90. The van der Waals surface area contributed by atoms with Crippen LogP contribution in [0.25, 0.3) is 0 Å². The minimum atomic E-state index is -3.56. The Morgan fingerprint density at radius 1 is 1.07 bits per heavy atom. The molecular weight excluding hydrogens is 515 g/mol. The molecule has 0 aliphatic carbocycles. The van der Waals surface area contributed by atoms with Gasteiger partial charge in [-0.15, -0.1) is 24.0 Å². The number of benzene rings is 2. The van der Waals surface area contributed by atoms with E-state index in [0.717, 1.165) is 5.56 Å². The normalized spacial score (nSPS) is 11.7. The van der Waals surface area contributed by atoms with E-state index in [4.69, 9.17) is 4.74 Å². The summed E-state index contributed by atoms with van der Waals surface area (Å²) in [6, 6.07) is 13.2. The lowest BCUT2D eigenvalue weighted by molar-refractivity contribution is 0.204. The fourth-order valence-electron chi connectivity index (χ4n) is 2.81. The van der Waals surface area contributed by atoms with Gasteiger partial charge in [0.05, 0.1) is 11.5 Å². The molecule has 9 heteroatoms. The molecule has 0 atom stereocenters. The number of nitrogens with one attached hydrogen (secondary N) is 3. The number of methoxy groups -OCH3 is 1. The quantitative estimate of drug-likeness (QED) is 0.195. The first-order valence-corrected chi connectivity index (χ1v) is 10.9. The van der Waals surface area contributed by atoms with Gasteiger partial charge in [0.2, 0.25) is 10.0 Å². The molecule has 2 aromatic carbocycles. The van der Waals surface area contributed by atoms with Crippen LogP contribution in [0, 0.1) is 13.8 Å². The van der Waals surface area contributed by atoms with Crippen molar-refractivity contribution in [1.82, 2.24) is 15.4 Å². The molecule has 3 N–H and O–H groups in total. The number of halogens is 1. The molecule has 0 bridgehead atoms. The van der Waals surface area contributed by atoms with E-state index in [1.807, 2.05) is 6.07 Å². The third-order valence-corrected chi connectivity index (χ3v) is 5.89. The molecule has 0 fully saturated rings. The number of rotatable bonds is 9. The Kier molecular flexibility index (Phi) is 11.3. The van der Waals surface area contributed by atoms with Gasteiger partial charge in [-0.25, -0.2) is 13.1 Å². The summed E-state index contributed by atoms with van der Waals surface area (Å²) in [4.78, 5) is 4.46. The molecule has 0 saturated carbocycles. The molecule has 166 valence electrons. The van der Waals surface area contributed by atoms with Crippen LogP contribution >= 0.6 is 24.0 Å². The molecule has 0 amide bonds. The summed E-state index contributed by atoms with van der Waals surface area (Å²) in [5.74, 6) is 0.649. The molecule has 0 saturated heterocycles. The molecule has 2 rings (SSSR count). The van der Waals surface area contributed by atoms with Crippen LogP contribution in [0.4, 0.5) is 0 Å². The van der Waals surface area contributed by atoms with Gasteiger partial charge < -0.3 is 15.4 Å². The topological polar surface area (TPSA) is 91.8 Å². The predicted molar refractivity (Wildman–Crippen MR) is 132 cm³/mol. The number of nitrogens with zero attached hydrogens (tertiary/aromatic N) is 1. The zero-order valence-electron chi connectivity index (χ0n) is 17.9. The van der Waals surface area contributed by atoms with Crippen LogP contribution in [0.1, 0.15) is 22.3 Å². The molecule has 0 heterocycles. The number of hydrogen-bond acceptors (Lipinski definition) is 4. The SMILES string of the molecule is CN=C(NCc1cccc(S(=O)(=O)NCCOC)c1)NCc1ccc(C)cc1C.I. The third-order valence-electron chi connectivity index (χ3n) is 4.43. The van der Waals surface area contributed by atoms with Gasteiger partial charge in [-0.2, -0.15) is 0 Å². The Bertz CT molecular complexity index is 949. The number of hydrogen-bond donors (Lipinski definition) is 3. The van der Waals surface area contributed by atoms with Crippen molar-refractivity contribution in [1.29, 1.82) is 0 Å². The van der Waals surface area contributed by atoms with Gasteiger partial charge in [-0.05, 0) is 42.7 Å². The summed E-state index contributed by atoms with van der Waals surface area (Å²) in [7, 11) is -0.322. The monoisotopic (exact) mass is 546 g/mol. The predicted octanol–water partition coefficient (Wildman–Crippen LogP) is 2.71. The van der Waals surface area contributed by atoms with Gasteiger partial charge in [-0.1, -0.05) is 35.9 Å². The lowest BCUT2D eigenvalue weighted by atomic mass is 10.1. The highest BCUT2D eigenvalue weighted by molar-refractivity contribution is 14.0. The molecule has 0 aromatic heterocycles. The van der Waals surface area contributed by atoms with Crippen molar-refractivity contribution in [3.05, 3.63) is 64.7 Å². The van der Waals surface area contributed by atoms with Crippen molar-refractivity contribution < 1.29 is 13.2 Å². The van der Waals surface area contributed by atoms with Gasteiger partial charge in [0.15, 0.2) is 5.96 Å². The first kappa shape index (κ1) is 26.3. The van der Waals surface area contributed by atoms with Crippen molar-refractivity contribution >= 4 is 40.0 Å². The smallest absolute Gasteiger partial charge is 0.240 e. The number of guanidine groups is 1. The first-order valence-electron chi connectivity index (χ1n) is 9.44. The summed E-state index contributed by atoms with van der Waals surface area (Å²) in [5.41, 5.74) is 4.51. The maximum atomic E-state index is 12.3. The summed E-state index contributed by atoms with van der Waals surface area (Å²) in [6.45, 7) is 5.83. The highest BCUT2D eigenvalue weighted by Crippen LogP contribution is 2.12. The Labute approximate surface area is 196 Å². The van der Waals surface area contributed by atoms with Crippen molar-refractivity contribution in [2.24, 2.45) is 4.99 Å². The van der Waals surface area contributed by atoms with E-state index < -0.39 is 10.0 Å². The van der Waals surface area contributed by atoms with Crippen molar-refractivity contribution in [3.63, 3.8) is 0 Å². The third kappa shape index (κ3) is 8.21. The van der Waals surface area contributed by atoms with E-state index in [2.05, 4.69) is 52.4 Å². The van der Waals surface area contributed by atoms with Crippen LogP contribution in [0.15, 0.2) is 52.4 Å². The van der Waals surface area contributed by atoms with Gasteiger partial charge in [-0.3, -0.25) is 4.99 Å². The van der Waals surface area contributed by atoms with Gasteiger partial charge in [0, 0.05) is 33.8 Å². The van der Waals surface area contributed by atoms with Crippen LogP contribution in [0.5, 0.6) is 0 Å². The second-order valence-corrected chi connectivity index (χ2v) is 8.51. The second kappa shape index (κ2) is 12.9. The molecule has 0 radical (unpaired) electrons. The summed E-state index contributed by atoms with van der Waals surface area (Å²) < 4.78 is 32.1. The molecule has 0 unspecified atom stereocenters. The van der Waals surface area contributed by atoms with Gasteiger partial charge >= 0.3 is 0 Å². The highest BCUT2D eigenvalue weighted by Gasteiger charge is 2.13. The van der Waals surface area contributed by atoms with Gasteiger partial charge in [0.25, 0.3) is 0 Å². The van der Waals surface area contributed by atoms with Crippen LogP contribution < -0.4 is 15.4 Å². The van der Waals surface area contributed by atoms with Crippen LogP contribution in [-0.4, -0.2) is 41.7 Å². The zero-order valence-corrected chi connectivity index (χ0v) is 21.0. The van der Waals surface area contributed by atoms with Crippen molar-refractivity contribution in [3.8, 4) is 0 Å². The largest absolute Gasteiger partial charge is 0.383 e. The van der Waals surface area contributed by atoms with Crippen LogP contribution in [0.3, 0.4) is 0 Å². The Balaban J connectivity index is 0.00000450. The molecule has 7 nitrogen and oxygen atoms in total. The Morgan fingerprint density at radius 2 is 1.80 bits per heavy atom. The molecular formula is C21H31IN4O3S. The lowest BCUT2D eigenvalue weighted by Crippen LogP contribution is -2.36. The highest BCUT2D eigenvalue weighted by atomic mass is 127. The number of sulfonamides is 1. The fraction of sp³-hybridized carbons (Fsp3) is 0.381. The lowest BCUT2D eigenvalue weighted by Gasteiger charge is -2.14. The number of aryl methyl sites for hydroxylation is 2. The van der Waals surface area contributed by atoms with E-state index in [0.29, 0.717) is 25.7 Å². The maximum Gasteiger partial charge on any atom is 0.240 e. The molecule has 0 aliphatic heterocycles. The number of ether oxygens (including phenoxy) is 1. The van der Waals surface area contributed by atoms with Crippen molar-refractivity contribution in [2.75, 3.05) is 27.3 Å². The Hall–Kier alpha value is -1.69. The maximum absolute atomic E-state index is 12.3. The summed E-state index contributed by atoms with van der Waals surface area (Å²) >= 11 is 0. The van der Waals surface area contributed by atoms with Crippen LogP contribution in [-0.2, 0) is 27.8 Å². The van der Waals surface area contributed by atoms with E-state index in [9.17, 15) is 8.42 Å². The minimum absolute atomic E-state index is 0. The number of aliphatic imine (C=N–C) groups is 1. The summed E-state index contributed by atoms with van der Waals surface area (Å²) in [6.07, 6.45) is 0. The minimum Gasteiger partial charge on any atom is -0.383 e. The van der Waals surface area contributed by atoms with E-state index in [-0.39, 0.29) is 35.4 Å². The molecule has 2 aromatic rings. The average Bonchev–Trinajstić information content (AvgIpc) is 2.69. The van der Waals surface area contributed by atoms with E-state index in [1.165, 1.54) is 23.8 Å². The molecule has 0 spiro atoms. The molecule has 0 aliphatic rings. The zero-order chi connectivity index (χ0) is 21.3. The first-order chi connectivity index (χ1) is 13.9. The van der Waals surface area contributed by atoms with Gasteiger partial charge in [0.1, 0.15) is 0 Å². The van der Waals surface area contributed by atoms with Crippen molar-refractivity contribution in [2.45, 2.75) is 31.8 Å². The standard InChI is InChI=1S/C21H30N4O3S.HI/c1-16-8-9-19(17(2)12-16)15-24-21(22-3)23-14-18-6-5-7-20(13-18)29(26,27)25-10-11-28-4;/h5-9,12-13,25H,10-11,14-15H2,1-4H3,(H2,22,23,24);1H. The second-order valence-electron chi connectivity index (χ2n) is 6.75. The van der Waals surface area contributed by atoms with Crippen LogP contribution in [0.2, 0.25) is 0 Å². The van der Waals surface area contributed by atoms with E-state index in [1.54, 1.807) is 25.2 Å². The van der Waals surface area contributed by atoms with E-state index >= 15 is 0 Å². The summed E-state index contributed by atoms with van der Waals surface area (Å²) in [5, 5.41) is 6.51.